The molecule has 1 aromatic carbocycles. The Morgan fingerprint density at radius 2 is 1.94 bits per heavy atom. The summed E-state index contributed by atoms with van der Waals surface area (Å²) >= 11 is 0. The largest absolute Gasteiger partial charge is 0.259 e. The Morgan fingerprint density at radius 3 is 2.65 bits per heavy atom. The van der Waals surface area contributed by atoms with E-state index in [2.05, 4.69) is 15.5 Å². The van der Waals surface area contributed by atoms with Crippen LogP contribution in [0, 0.1) is 5.82 Å². The van der Waals surface area contributed by atoms with Gasteiger partial charge in [-0.15, -0.1) is 0 Å². The van der Waals surface area contributed by atoms with Gasteiger partial charge in [0.2, 0.25) is 0 Å². The lowest BCUT2D eigenvalue weighted by atomic mass is 10.1. The molecule has 0 fully saturated rings. The van der Waals surface area contributed by atoms with Gasteiger partial charge in [0.25, 0.3) is 0 Å². The lowest BCUT2D eigenvalue weighted by molar-refractivity contribution is 0.625. The number of nitrogens with zero attached hydrogens (tertiary/aromatic N) is 2. The molecule has 1 aromatic heterocycles. The molecule has 0 aliphatic rings. The molecule has 2 rings (SSSR count). The smallest absolute Gasteiger partial charge is 0.182 e. The van der Waals surface area contributed by atoms with Crippen molar-refractivity contribution in [2.75, 3.05) is 5.43 Å². The standard InChI is InChI=1S/C13H12FN3/c1-10(11-6-3-2-4-7-11)16-17-13-12(14)8-5-9-15-13/h2-9H,1H3,(H,15,17)/b16-10+. The molecule has 0 aliphatic heterocycles. The minimum absolute atomic E-state index is 0.128. The Morgan fingerprint density at radius 1 is 1.18 bits per heavy atom. The Bertz CT molecular complexity index is 523. The summed E-state index contributed by atoms with van der Waals surface area (Å²) < 4.78 is 13.2. The number of hydrogen-bond donors (Lipinski definition) is 1. The van der Waals surface area contributed by atoms with Crippen molar-refractivity contribution < 1.29 is 4.39 Å². The van der Waals surface area contributed by atoms with E-state index in [0.29, 0.717) is 0 Å². The van der Waals surface area contributed by atoms with E-state index in [4.69, 9.17) is 0 Å². The third-order valence-electron chi connectivity index (χ3n) is 2.28. The van der Waals surface area contributed by atoms with E-state index in [1.807, 2.05) is 37.3 Å². The number of pyridine rings is 1. The average molecular weight is 229 g/mol. The number of anilines is 1. The first kappa shape index (κ1) is 11.3. The lowest BCUT2D eigenvalue weighted by Crippen LogP contribution is -2.01. The summed E-state index contributed by atoms with van der Waals surface area (Å²) in [5.41, 5.74) is 4.37. The molecule has 0 bridgehead atoms. The predicted molar refractivity (Wildman–Crippen MR) is 66.5 cm³/mol. The molecule has 86 valence electrons. The SMILES string of the molecule is C/C(=N\Nc1ncccc1F)c1ccccc1. The van der Waals surface area contributed by atoms with Crippen molar-refractivity contribution in [3.63, 3.8) is 0 Å². The van der Waals surface area contributed by atoms with Gasteiger partial charge in [-0.2, -0.15) is 5.10 Å². The van der Waals surface area contributed by atoms with Crippen LogP contribution in [0.15, 0.2) is 53.8 Å². The van der Waals surface area contributed by atoms with Crippen LogP contribution in [0.4, 0.5) is 10.2 Å². The maximum absolute atomic E-state index is 13.2. The zero-order chi connectivity index (χ0) is 12.1. The fraction of sp³-hybridized carbons (Fsp3) is 0.0769. The van der Waals surface area contributed by atoms with Crippen molar-refractivity contribution in [2.24, 2.45) is 5.10 Å². The summed E-state index contributed by atoms with van der Waals surface area (Å²) in [6.07, 6.45) is 1.51. The number of benzene rings is 1. The molecule has 0 saturated carbocycles. The fourth-order valence-electron chi connectivity index (χ4n) is 1.35. The topological polar surface area (TPSA) is 37.3 Å². The van der Waals surface area contributed by atoms with E-state index in [1.54, 1.807) is 0 Å². The van der Waals surface area contributed by atoms with Crippen molar-refractivity contribution in [3.8, 4) is 0 Å². The van der Waals surface area contributed by atoms with E-state index in [9.17, 15) is 4.39 Å². The maximum Gasteiger partial charge on any atom is 0.182 e. The predicted octanol–water partition coefficient (Wildman–Crippen LogP) is 3.06. The molecule has 1 N–H and O–H groups in total. The lowest BCUT2D eigenvalue weighted by Gasteiger charge is -2.03. The minimum atomic E-state index is -0.419. The van der Waals surface area contributed by atoms with Crippen molar-refractivity contribution in [1.82, 2.24) is 4.98 Å². The van der Waals surface area contributed by atoms with E-state index in [1.165, 1.54) is 18.3 Å². The van der Waals surface area contributed by atoms with E-state index >= 15 is 0 Å². The van der Waals surface area contributed by atoms with Crippen LogP contribution in [0.25, 0.3) is 0 Å². The molecular weight excluding hydrogens is 217 g/mol. The third kappa shape index (κ3) is 2.87. The van der Waals surface area contributed by atoms with Crippen molar-refractivity contribution >= 4 is 11.5 Å². The summed E-state index contributed by atoms with van der Waals surface area (Å²) in [6, 6.07) is 12.5. The molecule has 0 saturated heterocycles. The molecule has 0 radical (unpaired) electrons. The van der Waals surface area contributed by atoms with Gasteiger partial charge in [0.1, 0.15) is 0 Å². The van der Waals surface area contributed by atoms with Crippen molar-refractivity contribution in [3.05, 3.63) is 60.0 Å². The first-order chi connectivity index (χ1) is 8.27. The first-order valence-corrected chi connectivity index (χ1v) is 5.23. The fourth-order valence-corrected chi connectivity index (χ4v) is 1.35. The molecule has 0 aliphatic carbocycles. The van der Waals surface area contributed by atoms with Crippen LogP contribution >= 0.6 is 0 Å². The van der Waals surface area contributed by atoms with Crippen molar-refractivity contribution in [1.29, 1.82) is 0 Å². The van der Waals surface area contributed by atoms with Gasteiger partial charge in [0.05, 0.1) is 5.71 Å². The van der Waals surface area contributed by atoms with Gasteiger partial charge in [-0.1, -0.05) is 30.3 Å². The molecule has 1 heterocycles. The van der Waals surface area contributed by atoms with Gasteiger partial charge >= 0.3 is 0 Å². The van der Waals surface area contributed by atoms with Gasteiger partial charge in [0.15, 0.2) is 11.6 Å². The molecule has 0 unspecified atom stereocenters. The Balaban J connectivity index is 2.14. The van der Waals surface area contributed by atoms with Crippen LogP contribution in [0.3, 0.4) is 0 Å². The maximum atomic E-state index is 13.2. The monoisotopic (exact) mass is 229 g/mol. The summed E-state index contributed by atoms with van der Waals surface area (Å²) in [5, 5.41) is 4.09. The molecule has 17 heavy (non-hydrogen) atoms. The average Bonchev–Trinajstić information content (AvgIpc) is 2.38. The molecular formula is C13H12FN3. The van der Waals surface area contributed by atoms with Crippen LogP contribution in [0.5, 0.6) is 0 Å². The minimum Gasteiger partial charge on any atom is -0.259 e. The molecule has 3 nitrogen and oxygen atoms in total. The van der Waals surface area contributed by atoms with Gasteiger partial charge < -0.3 is 0 Å². The zero-order valence-corrected chi connectivity index (χ0v) is 9.39. The zero-order valence-electron chi connectivity index (χ0n) is 9.39. The number of aromatic nitrogens is 1. The van der Waals surface area contributed by atoms with Gasteiger partial charge in [-0.3, -0.25) is 5.43 Å². The number of hydrogen-bond acceptors (Lipinski definition) is 3. The molecule has 2 aromatic rings. The summed E-state index contributed by atoms with van der Waals surface area (Å²) in [7, 11) is 0. The third-order valence-corrected chi connectivity index (χ3v) is 2.28. The van der Waals surface area contributed by atoms with Gasteiger partial charge in [-0.05, 0) is 24.6 Å². The van der Waals surface area contributed by atoms with E-state index < -0.39 is 5.82 Å². The molecule has 0 spiro atoms. The summed E-state index contributed by atoms with van der Waals surface area (Å²) in [6.45, 7) is 1.85. The van der Waals surface area contributed by atoms with Gasteiger partial charge in [-0.25, -0.2) is 9.37 Å². The number of hydrazone groups is 1. The van der Waals surface area contributed by atoms with Crippen molar-refractivity contribution in [2.45, 2.75) is 6.92 Å². The van der Waals surface area contributed by atoms with Crippen LogP contribution < -0.4 is 5.43 Å². The van der Waals surface area contributed by atoms with Gasteiger partial charge in [0, 0.05) is 6.20 Å². The Kier molecular flexibility index (Phi) is 3.45. The second kappa shape index (κ2) is 5.21. The summed E-state index contributed by atoms with van der Waals surface area (Å²) in [5.74, 6) is -0.292. The Hall–Kier alpha value is -2.23. The second-order valence-electron chi connectivity index (χ2n) is 3.51. The highest BCUT2D eigenvalue weighted by atomic mass is 19.1. The second-order valence-corrected chi connectivity index (χ2v) is 3.51. The number of nitrogens with one attached hydrogen (secondary N) is 1. The number of rotatable bonds is 3. The van der Waals surface area contributed by atoms with Crippen LogP contribution in [-0.2, 0) is 0 Å². The molecule has 0 amide bonds. The van der Waals surface area contributed by atoms with E-state index in [-0.39, 0.29) is 5.82 Å². The first-order valence-electron chi connectivity index (χ1n) is 5.23. The highest BCUT2D eigenvalue weighted by Crippen LogP contribution is 2.09. The molecule has 4 heteroatoms. The van der Waals surface area contributed by atoms with Crippen LogP contribution in [-0.4, -0.2) is 10.7 Å². The van der Waals surface area contributed by atoms with Crippen LogP contribution in [0.2, 0.25) is 0 Å². The van der Waals surface area contributed by atoms with E-state index in [0.717, 1.165) is 11.3 Å². The Labute approximate surface area is 99.0 Å². The quantitative estimate of drug-likeness (QED) is 0.648. The summed E-state index contributed by atoms with van der Waals surface area (Å²) in [4.78, 5) is 3.85. The number of halogens is 1. The molecule has 0 atom stereocenters. The highest BCUT2D eigenvalue weighted by Gasteiger charge is 2.00. The highest BCUT2D eigenvalue weighted by molar-refractivity contribution is 5.98. The normalized spacial score (nSPS) is 11.3. The van der Waals surface area contributed by atoms with Crippen LogP contribution in [0.1, 0.15) is 12.5 Å².